The predicted molar refractivity (Wildman–Crippen MR) is 109 cm³/mol. The van der Waals surface area contributed by atoms with Crippen molar-refractivity contribution in [2.75, 3.05) is 6.54 Å². The van der Waals surface area contributed by atoms with Crippen LogP contribution in [0.1, 0.15) is 10.5 Å². The van der Waals surface area contributed by atoms with Gasteiger partial charge in [0.1, 0.15) is 0 Å². The largest absolute Gasteiger partial charge is 0.355 e. The molecule has 29 heavy (non-hydrogen) atoms. The SMILES string of the molecule is Cn1/c(=N\NC(=O)CNC(=O)c2cc(-c3ccccc3)on2)sc2ccccc21. The molecule has 0 aliphatic heterocycles. The fourth-order valence-electron chi connectivity index (χ4n) is 2.71. The molecule has 0 aliphatic carbocycles. The molecular formula is C20H17N5O3S. The smallest absolute Gasteiger partial charge is 0.273 e. The summed E-state index contributed by atoms with van der Waals surface area (Å²) in [5.41, 5.74) is 4.40. The monoisotopic (exact) mass is 407 g/mol. The van der Waals surface area contributed by atoms with Crippen molar-refractivity contribution in [3.8, 4) is 11.3 Å². The van der Waals surface area contributed by atoms with E-state index >= 15 is 0 Å². The highest BCUT2D eigenvalue weighted by Crippen LogP contribution is 2.19. The topological polar surface area (TPSA) is 102 Å². The number of nitrogens with zero attached hydrogens (tertiary/aromatic N) is 3. The normalized spacial score (nSPS) is 11.6. The summed E-state index contributed by atoms with van der Waals surface area (Å²) in [6, 6.07) is 18.7. The Kier molecular flexibility index (Phi) is 5.21. The number of aryl methyl sites for hydroxylation is 1. The molecule has 9 heteroatoms. The van der Waals surface area contributed by atoms with Gasteiger partial charge in [-0.2, -0.15) is 0 Å². The second kappa shape index (κ2) is 8.11. The number of carbonyl (C=O) groups is 2. The highest BCUT2D eigenvalue weighted by molar-refractivity contribution is 7.16. The molecule has 0 saturated heterocycles. The van der Waals surface area contributed by atoms with Crippen LogP contribution in [0.15, 0.2) is 70.3 Å². The summed E-state index contributed by atoms with van der Waals surface area (Å²) in [5.74, 6) is -0.464. The van der Waals surface area contributed by atoms with E-state index in [9.17, 15) is 9.59 Å². The van der Waals surface area contributed by atoms with Crippen LogP contribution in [0.3, 0.4) is 0 Å². The van der Waals surface area contributed by atoms with Crippen LogP contribution in [-0.4, -0.2) is 28.1 Å². The number of rotatable bonds is 5. The molecule has 0 radical (unpaired) electrons. The van der Waals surface area contributed by atoms with Gasteiger partial charge in [0.25, 0.3) is 11.8 Å². The predicted octanol–water partition coefficient (Wildman–Crippen LogP) is 2.26. The standard InChI is InChI=1S/C20H17N5O3S/c1-25-15-9-5-6-10-17(15)29-20(25)23-22-18(26)12-21-19(27)14-11-16(28-24-14)13-7-3-2-4-8-13/h2-11H,12H2,1H3,(H,21,27)(H,22,26)/b23-20+. The van der Waals surface area contributed by atoms with Crippen LogP contribution in [0.5, 0.6) is 0 Å². The first-order valence-electron chi connectivity index (χ1n) is 8.79. The zero-order chi connectivity index (χ0) is 20.2. The molecule has 2 heterocycles. The Morgan fingerprint density at radius 1 is 1.14 bits per heavy atom. The molecule has 0 unspecified atom stereocenters. The molecule has 2 aromatic heterocycles. The summed E-state index contributed by atoms with van der Waals surface area (Å²) in [7, 11) is 1.88. The van der Waals surface area contributed by atoms with Crippen molar-refractivity contribution >= 4 is 33.4 Å². The van der Waals surface area contributed by atoms with Crippen LogP contribution in [0.25, 0.3) is 21.5 Å². The third-order valence-electron chi connectivity index (χ3n) is 4.20. The van der Waals surface area contributed by atoms with E-state index in [4.69, 9.17) is 4.52 Å². The Balaban J connectivity index is 1.36. The molecule has 0 bridgehead atoms. The fourth-order valence-corrected chi connectivity index (χ4v) is 3.69. The van der Waals surface area contributed by atoms with E-state index in [1.54, 1.807) is 0 Å². The van der Waals surface area contributed by atoms with Gasteiger partial charge < -0.3 is 14.4 Å². The number of fused-ring (bicyclic) bond motifs is 1. The van der Waals surface area contributed by atoms with Crippen LogP contribution in [0.2, 0.25) is 0 Å². The lowest BCUT2D eigenvalue weighted by Crippen LogP contribution is -2.36. The number of nitrogens with one attached hydrogen (secondary N) is 2. The molecule has 2 aromatic carbocycles. The molecule has 0 atom stereocenters. The summed E-state index contributed by atoms with van der Waals surface area (Å²) >= 11 is 1.46. The number of hydrogen-bond acceptors (Lipinski definition) is 6. The van der Waals surface area contributed by atoms with Gasteiger partial charge in [-0.05, 0) is 12.1 Å². The van der Waals surface area contributed by atoms with Gasteiger partial charge in [0.05, 0.1) is 16.8 Å². The lowest BCUT2D eigenvalue weighted by atomic mass is 10.1. The summed E-state index contributed by atoms with van der Waals surface area (Å²) < 4.78 is 8.15. The van der Waals surface area contributed by atoms with Gasteiger partial charge >= 0.3 is 0 Å². The highest BCUT2D eigenvalue weighted by Gasteiger charge is 2.14. The quantitative estimate of drug-likeness (QED) is 0.496. The Morgan fingerprint density at radius 3 is 2.69 bits per heavy atom. The summed E-state index contributed by atoms with van der Waals surface area (Å²) in [5, 5.41) is 10.4. The van der Waals surface area contributed by atoms with Crippen molar-refractivity contribution < 1.29 is 14.1 Å². The Morgan fingerprint density at radius 2 is 1.90 bits per heavy atom. The molecule has 2 amide bonds. The molecule has 4 aromatic rings. The third kappa shape index (κ3) is 4.09. The van der Waals surface area contributed by atoms with Gasteiger partial charge in [0.2, 0.25) is 4.80 Å². The molecular weight excluding hydrogens is 390 g/mol. The molecule has 0 saturated carbocycles. The number of aromatic nitrogens is 2. The van der Waals surface area contributed by atoms with E-state index in [1.165, 1.54) is 17.4 Å². The maximum absolute atomic E-state index is 12.2. The fraction of sp³-hybridized carbons (Fsp3) is 0.100. The van der Waals surface area contributed by atoms with Crippen LogP contribution in [0.4, 0.5) is 0 Å². The number of thiazole rings is 1. The minimum atomic E-state index is -0.501. The van der Waals surface area contributed by atoms with Gasteiger partial charge in [-0.3, -0.25) is 9.59 Å². The zero-order valence-corrected chi connectivity index (χ0v) is 16.3. The van der Waals surface area contributed by atoms with Crippen LogP contribution in [-0.2, 0) is 11.8 Å². The molecule has 4 rings (SSSR count). The van der Waals surface area contributed by atoms with E-state index < -0.39 is 11.8 Å². The highest BCUT2D eigenvalue weighted by atomic mass is 32.1. The molecule has 2 N–H and O–H groups in total. The zero-order valence-electron chi connectivity index (χ0n) is 15.5. The number of para-hydroxylation sites is 1. The van der Waals surface area contributed by atoms with E-state index in [2.05, 4.69) is 21.0 Å². The van der Waals surface area contributed by atoms with Gasteiger partial charge in [0, 0.05) is 18.7 Å². The summed E-state index contributed by atoms with van der Waals surface area (Å²) in [4.78, 5) is 24.9. The number of carbonyl (C=O) groups excluding carboxylic acids is 2. The van der Waals surface area contributed by atoms with Crippen molar-refractivity contribution in [1.82, 2.24) is 20.5 Å². The molecule has 0 fully saturated rings. The van der Waals surface area contributed by atoms with Crippen LogP contribution >= 0.6 is 11.3 Å². The first-order chi connectivity index (χ1) is 14.1. The second-order valence-electron chi connectivity index (χ2n) is 6.18. The number of hydrogen-bond donors (Lipinski definition) is 2. The lowest BCUT2D eigenvalue weighted by molar-refractivity contribution is -0.120. The van der Waals surface area contributed by atoms with E-state index in [1.807, 2.05) is 66.2 Å². The summed E-state index contributed by atoms with van der Waals surface area (Å²) in [6.07, 6.45) is 0. The molecule has 146 valence electrons. The Labute approximate surface area is 169 Å². The average Bonchev–Trinajstić information content (AvgIpc) is 3.37. The number of amides is 2. The summed E-state index contributed by atoms with van der Waals surface area (Å²) in [6.45, 7) is -0.232. The Hall–Kier alpha value is -3.72. The van der Waals surface area contributed by atoms with Crippen LogP contribution < -0.4 is 15.5 Å². The second-order valence-corrected chi connectivity index (χ2v) is 7.19. The average molecular weight is 407 g/mol. The van der Waals surface area contributed by atoms with E-state index in [0.717, 1.165) is 15.8 Å². The first-order valence-corrected chi connectivity index (χ1v) is 9.61. The number of benzene rings is 2. The minimum absolute atomic E-state index is 0.101. The van der Waals surface area contributed by atoms with Crippen molar-refractivity contribution in [2.45, 2.75) is 0 Å². The maximum Gasteiger partial charge on any atom is 0.273 e. The van der Waals surface area contributed by atoms with E-state index in [-0.39, 0.29) is 12.2 Å². The van der Waals surface area contributed by atoms with Crippen LogP contribution in [0, 0.1) is 0 Å². The van der Waals surface area contributed by atoms with Crippen molar-refractivity contribution in [2.24, 2.45) is 12.1 Å². The van der Waals surface area contributed by atoms with Gasteiger partial charge in [-0.15, -0.1) is 5.10 Å². The van der Waals surface area contributed by atoms with Gasteiger partial charge in [-0.25, -0.2) is 5.43 Å². The van der Waals surface area contributed by atoms with E-state index in [0.29, 0.717) is 10.6 Å². The first kappa shape index (κ1) is 18.6. The van der Waals surface area contributed by atoms with Crippen molar-refractivity contribution in [1.29, 1.82) is 0 Å². The van der Waals surface area contributed by atoms with Crippen molar-refractivity contribution in [3.63, 3.8) is 0 Å². The maximum atomic E-state index is 12.2. The molecule has 8 nitrogen and oxygen atoms in total. The lowest BCUT2D eigenvalue weighted by Gasteiger charge is -2.01. The molecule has 0 spiro atoms. The Bertz CT molecular complexity index is 1240. The van der Waals surface area contributed by atoms with Gasteiger partial charge in [0.15, 0.2) is 11.5 Å². The minimum Gasteiger partial charge on any atom is -0.355 e. The van der Waals surface area contributed by atoms with Crippen molar-refractivity contribution in [3.05, 3.63) is 71.2 Å². The third-order valence-corrected chi connectivity index (χ3v) is 5.31. The van der Waals surface area contributed by atoms with Gasteiger partial charge in [-0.1, -0.05) is 59.0 Å². The molecule has 0 aliphatic rings.